The van der Waals surface area contributed by atoms with Gasteiger partial charge in [-0.05, 0) is 60.5 Å². The molecule has 0 bridgehead atoms. The van der Waals surface area contributed by atoms with Gasteiger partial charge in [-0.3, -0.25) is 4.99 Å². The standard InChI is InChI=1S/C29H41NO7/c1-2-3-4-5-6-7-8-9-18-35-23-14-10-21(11-15-23)19-30-22-12-16-24(17-13-22)36-29-28(34)27(33)26(32)25(20-31)37-29/h10-17,19,25-29,31-34H,2-9,18,20H2,1H3/t25-,26-,27+,28-,29+/m1/s1. The van der Waals surface area contributed by atoms with Crippen molar-refractivity contribution in [3.05, 3.63) is 54.1 Å². The van der Waals surface area contributed by atoms with Crippen molar-refractivity contribution >= 4 is 11.9 Å². The van der Waals surface area contributed by atoms with E-state index in [1.54, 1.807) is 30.5 Å². The van der Waals surface area contributed by atoms with Crippen LogP contribution in [0.2, 0.25) is 0 Å². The molecule has 0 saturated carbocycles. The second kappa shape index (κ2) is 15.7. The van der Waals surface area contributed by atoms with Crippen LogP contribution in [0.4, 0.5) is 5.69 Å². The zero-order chi connectivity index (χ0) is 26.5. The number of hydrogen-bond donors (Lipinski definition) is 4. The molecule has 2 aromatic rings. The van der Waals surface area contributed by atoms with E-state index in [1.807, 2.05) is 24.3 Å². The quantitative estimate of drug-likeness (QED) is 0.208. The molecule has 3 rings (SSSR count). The Labute approximate surface area is 219 Å². The normalized spacial score (nSPS) is 23.9. The lowest BCUT2D eigenvalue weighted by atomic mass is 9.99. The number of nitrogens with zero attached hydrogens (tertiary/aromatic N) is 1. The maximum atomic E-state index is 10.1. The van der Waals surface area contributed by atoms with E-state index < -0.39 is 37.3 Å². The Morgan fingerprint density at radius 2 is 1.41 bits per heavy atom. The van der Waals surface area contributed by atoms with E-state index in [2.05, 4.69) is 11.9 Å². The van der Waals surface area contributed by atoms with Crippen LogP contribution in [0.1, 0.15) is 63.9 Å². The molecule has 0 spiro atoms. The largest absolute Gasteiger partial charge is 0.494 e. The van der Waals surface area contributed by atoms with Crippen LogP contribution in [0, 0.1) is 0 Å². The molecular formula is C29H41NO7. The minimum absolute atomic E-state index is 0.390. The van der Waals surface area contributed by atoms with E-state index in [0.29, 0.717) is 11.4 Å². The third-order valence-electron chi connectivity index (χ3n) is 6.45. The lowest BCUT2D eigenvalue weighted by Crippen LogP contribution is -2.60. The molecule has 1 aliphatic heterocycles. The van der Waals surface area contributed by atoms with E-state index in [0.717, 1.165) is 24.3 Å². The van der Waals surface area contributed by atoms with Gasteiger partial charge in [-0.2, -0.15) is 0 Å². The van der Waals surface area contributed by atoms with Crippen molar-refractivity contribution in [1.29, 1.82) is 0 Å². The molecule has 2 aromatic carbocycles. The predicted molar refractivity (Wildman–Crippen MR) is 143 cm³/mol. The fourth-order valence-corrected chi connectivity index (χ4v) is 4.13. The minimum Gasteiger partial charge on any atom is -0.494 e. The van der Waals surface area contributed by atoms with Crippen molar-refractivity contribution in [2.24, 2.45) is 4.99 Å². The second-order valence-electron chi connectivity index (χ2n) is 9.46. The molecule has 0 aromatic heterocycles. The summed E-state index contributed by atoms with van der Waals surface area (Å²) < 4.78 is 16.8. The van der Waals surface area contributed by atoms with Crippen LogP contribution in [0.15, 0.2) is 53.5 Å². The average Bonchev–Trinajstić information content (AvgIpc) is 2.92. The summed E-state index contributed by atoms with van der Waals surface area (Å²) in [7, 11) is 0. The molecule has 0 radical (unpaired) electrons. The summed E-state index contributed by atoms with van der Waals surface area (Å²) in [5.74, 6) is 1.25. The van der Waals surface area contributed by atoms with Gasteiger partial charge in [-0.25, -0.2) is 0 Å². The number of aliphatic imine (C=N–C) groups is 1. The Hall–Kier alpha value is -2.49. The summed E-state index contributed by atoms with van der Waals surface area (Å²) >= 11 is 0. The van der Waals surface area contributed by atoms with E-state index in [-0.39, 0.29) is 0 Å². The highest BCUT2D eigenvalue weighted by Gasteiger charge is 2.44. The van der Waals surface area contributed by atoms with Gasteiger partial charge in [0.05, 0.1) is 18.9 Å². The van der Waals surface area contributed by atoms with Gasteiger partial charge in [0.2, 0.25) is 6.29 Å². The fraction of sp³-hybridized carbons (Fsp3) is 0.552. The molecule has 4 N–H and O–H groups in total. The van der Waals surface area contributed by atoms with E-state index in [9.17, 15) is 20.4 Å². The molecule has 5 atom stereocenters. The van der Waals surface area contributed by atoms with E-state index >= 15 is 0 Å². The number of aliphatic hydroxyl groups excluding tert-OH is 4. The van der Waals surface area contributed by atoms with Crippen LogP contribution in [0.25, 0.3) is 0 Å². The second-order valence-corrected chi connectivity index (χ2v) is 9.46. The van der Waals surface area contributed by atoms with Gasteiger partial charge in [0.1, 0.15) is 35.9 Å². The monoisotopic (exact) mass is 515 g/mol. The molecule has 1 saturated heterocycles. The Bertz CT molecular complexity index is 917. The van der Waals surface area contributed by atoms with Crippen molar-refractivity contribution in [1.82, 2.24) is 0 Å². The van der Waals surface area contributed by atoms with Gasteiger partial charge in [-0.15, -0.1) is 0 Å². The summed E-state index contributed by atoms with van der Waals surface area (Å²) in [6, 6.07) is 14.6. The zero-order valence-electron chi connectivity index (χ0n) is 21.6. The predicted octanol–water partition coefficient (Wildman–Crippen LogP) is 4.14. The van der Waals surface area contributed by atoms with Crippen LogP contribution >= 0.6 is 0 Å². The highest BCUT2D eigenvalue weighted by molar-refractivity contribution is 5.82. The number of hydrogen-bond acceptors (Lipinski definition) is 8. The first-order valence-corrected chi connectivity index (χ1v) is 13.4. The molecule has 0 unspecified atom stereocenters. The molecule has 0 amide bonds. The molecular weight excluding hydrogens is 474 g/mol. The van der Waals surface area contributed by atoms with Crippen LogP contribution in [0.3, 0.4) is 0 Å². The van der Waals surface area contributed by atoms with Gasteiger partial charge in [0.15, 0.2) is 0 Å². The number of ether oxygens (including phenoxy) is 3. The van der Waals surface area contributed by atoms with Gasteiger partial charge in [0, 0.05) is 6.21 Å². The summed E-state index contributed by atoms with van der Waals surface area (Å²) in [6.45, 7) is 2.47. The van der Waals surface area contributed by atoms with Crippen molar-refractivity contribution in [2.75, 3.05) is 13.2 Å². The molecule has 1 aliphatic rings. The lowest BCUT2D eigenvalue weighted by molar-refractivity contribution is -0.277. The van der Waals surface area contributed by atoms with Gasteiger partial charge >= 0.3 is 0 Å². The fourth-order valence-electron chi connectivity index (χ4n) is 4.13. The first-order valence-electron chi connectivity index (χ1n) is 13.4. The molecule has 0 aliphatic carbocycles. The van der Waals surface area contributed by atoms with Crippen LogP contribution in [0.5, 0.6) is 11.5 Å². The number of rotatable bonds is 15. The number of aliphatic hydroxyl groups is 4. The Morgan fingerprint density at radius 1 is 0.784 bits per heavy atom. The number of unbranched alkanes of at least 4 members (excludes halogenated alkanes) is 7. The minimum atomic E-state index is -1.48. The lowest BCUT2D eigenvalue weighted by Gasteiger charge is -2.39. The van der Waals surface area contributed by atoms with Crippen LogP contribution in [-0.2, 0) is 4.74 Å². The average molecular weight is 516 g/mol. The number of benzene rings is 2. The molecule has 8 heteroatoms. The summed E-state index contributed by atoms with van der Waals surface area (Å²) in [6.07, 6.45) is 5.38. The van der Waals surface area contributed by atoms with Crippen LogP contribution in [-0.4, -0.2) is 70.6 Å². The molecule has 204 valence electrons. The topological polar surface area (TPSA) is 121 Å². The highest BCUT2D eigenvalue weighted by Crippen LogP contribution is 2.26. The third-order valence-corrected chi connectivity index (χ3v) is 6.45. The first kappa shape index (κ1) is 29.1. The molecule has 8 nitrogen and oxygen atoms in total. The summed E-state index contributed by atoms with van der Waals surface area (Å²) in [5, 5.41) is 39.2. The van der Waals surface area contributed by atoms with Gasteiger partial charge in [0.25, 0.3) is 0 Å². The smallest absolute Gasteiger partial charge is 0.229 e. The van der Waals surface area contributed by atoms with E-state index in [1.165, 1.54) is 44.9 Å². The van der Waals surface area contributed by atoms with Crippen molar-refractivity contribution < 1.29 is 34.6 Å². The SMILES string of the molecule is CCCCCCCCCCOc1ccc(C=Nc2ccc(O[C@H]3O[C@H](CO)[C@@H](O)[C@H](O)[C@H]3O)cc2)cc1. The summed E-state index contributed by atoms with van der Waals surface area (Å²) in [4.78, 5) is 4.47. The molecule has 37 heavy (non-hydrogen) atoms. The molecule has 1 fully saturated rings. The maximum absolute atomic E-state index is 10.1. The third kappa shape index (κ3) is 9.39. The van der Waals surface area contributed by atoms with Gasteiger partial charge in [-0.1, -0.05) is 51.9 Å². The Kier molecular flexibility index (Phi) is 12.3. The van der Waals surface area contributed by atoms with E-state index in [4.69, 9.17) is 14.2 Å². The Morgan fingerprint density at radius 3 is 2.05 bits per heavy atom. The first-order chi connectivity index (χ1) is 18.0. The zero-order valence-corrected chi connectivity index (χ0v) is 21.6. The Balaban J connectivity index is 1.40. The maximum Gasteiger partial charge on any atom is 0.229 e. The molecule has 1 heterocycles. The highest BCUT2D eigenvalue weighted by atomic mass is 16.7. The van der Waals surface area contributed by atoms with Gasteiger partial charge < -0.3 is 34.6 Å². The van der Waals surface area contributed by atoms with Crippen molar-refractivity contribution in [3.8, 4) is 11.5 Å². The van der Waals surface area contributed by atoms with Crippen molar-refractivity contribution in [2.45, 2.75) is 89.0 Å². The van der Waals surface area contributed by atoms with Crippen molar-refractivity contribution in [3.63, 3.8) is 0 Å². The van der Waals surface area contributed by atoms with Crippen LogP contribution < -0.4 is 9.47 Å². The summed E-state index contributed by atoms with van der Waals surface area (Å²) in [5.41, 5.74) is 1.65.